The quantitative estimate of drug-likeness (QED) is 0.593. The van der Waals surface area contributed by atoms with Gasteiger partial charge in [-0.05, 0) is 25.7 Å². The molecular weight excluding hydrogens is 256 g/mol. The van der Waals surface area contributed by atoms with Gasteiger partial charge in [-0.15, -0.1) is 0 Å². The summed E-state index contributed by atoms with van der Waals surface area (Å²) in [6, 6.07) is 0. The standard InChI is InChI=1S/C16H30O4/c1-5-9-15(10-6-2,13(17)18)16(11-7-3,12-8-4)14(19)20/h5-12H2,1-4H3,(H,17,18)(H,19,20). The van der Waals surface area contributed by atoms with Gasteiger partial charge in [0, 0.05) is 0 Å². The molecule has 0 aliphatic heterocycles. The maximum atomic E-state index is 12.0. The normalized spacial score (nSPS) is 12.4. The molecule has 0 aromatic rings. The van der Waals surface area contributed by atoms with Crippen LogP contribution < -0.4 is 0 Å². The van der Waals surface area contributed by atoms with Crippen molar-refractivity contribution in [2.45, 2.75) is 79.1 Å². The Morgan fingerprint density at radius 2 is 0.850 bits per heavy atom. The molecule has 4 heteroatoms. The Hall–Kier alpha value is -1.06. The van der Waals surface area contributed by atoms with Crippen molar-refractivity contribution in [2.24, 2.45) is 10.8 Å². The minimum atomic E-state index is -1.14. The lowest BCUT2D eigenvalue weighted by atomic mass is 9.55. The molecule has 0 unspecified atom stereocenters. The third-order valence-electron chi connectivity index (χ3n) is 4.44. The van der Waals surface area contributed by atoms with Crippen LogP contribution in [0.5, 0.6) is 0 Å². The molecule has 0 spiro atoms. The molecule has 0 saturated carbocycles. The van der Waals surface area contributed by atoms with Crippen LogP contribution in [0.3, 0.4) is 0 Å². The summed E-state index contributed by atoms with van der Waals surface area (Å²) in [6.07, 6.45) is 4.49. The van der Waals surface area contributed by atoms with Crippen molar-refractivity contribution in [1.29, 1.82) is 0 Å². The van der Waals surface area contributed by atoms with Crippen LogP contribution in [0.4, 0.5) is 0 Å². The second-order valence-electron chi connectivity index (χ2n) is 5.77. The van der Waals surface area contributed by atoms with E-state index in [4.69, 9.17) is 0 Å². The average molecular weight is 286 g/mol. The van der Waals surface area contributed by atoms with E-state index < -0.39 is 22.8 Å². The van der Waals surface area contributed by atoms with Gasteiger partial charge >= 0.3 is 11.9 Å². The maximum Gasteiger partial charge on any atom is 0.310 e. The molecule has 0 heterocycles. The highest BCUT2D eigenvalue weighted by Crippen LogP contribution is 2.53. The van der Waals surface area contributed by atoms with Crippen molar-refractivity contribution >= 4 is 11.9 Å². The van der Waals surface area contributed by atoms with Gasteiger partial charge in [0.05, 0.1) is 10.8 Å². The fourth-order valence-electron chi connectivity index (χ4n) is 3.75. The third-order valence-corrected chi connectivity index (χ3v) is 4.44. The predicted molar refractivity (Wildman–Crippen MR) is 79.8 cm³/mol. The largest absolute Gasteiger partial charge is 0.481 e. The SMILES string of the molecule is CCCC(CCC)(C(=O)O)C(CCC)(CCC)C(=O)O. The van der Waals surface area contributed by atoms with Gasteiger partial charge in [0.2, 0.25) is 0 Å². The maximum absolute atomic E-state index is 12.0. The minimum Gasteiger partial charge on any atom is -0.481 e. The summed E-state index contributed by atoms with van der Waals surface area (Å²) in [5.74, 6) is -1.88. The van der Waals surface area contributed by atoms with Crippen molar-refractivity contribution in [3.63, 3.8) is 0 Å². The van der Waals surface area contributed by atoms with Crippen LogP contribution in [0.2, 0.25) is 0 Å². The fourth-order valence-corrected chi connectivity index (χ4v) is 3.75. The first-order valence-corrected chi connectivity index (χ1v) is 7.85. The van der Waals surface area contributed by atoms with Gasteiger partial charge in [-0.25, -0.2) is 0 Å². The van der Waals surface area contributed by atoms with Gasteiger partial charge in [0.1, 0.15) is 0 Å². The Bertz CT molecular complexity index is 278. The highest BCUT2D eigenvalue weighted by molar-refractivity contribution is 5.86. The van der Waals surface area contributed by atoms with E-state index in [0.717, 1.165) is 0 Å². The molecule has 0 aromatic carbocycles. The molecule has 0 aliphatic rings. The molecule has 0 rings (SSSR count). The summed E-state index contributed by atoms with van der Waals surface area (Å²) in [6.45, 7) is 7.71. The van der Waals surface area contributed by atoms with E-state index in [9.17, 15) is 19.8 Å². The zero-order valence-corrected chi connectivity index (χ0v) is 13.4. The van der Waals surface area contributed by atoms with Crippen LogP contribution in [-0.2, 0) is 9.59 Å². The second-order valence-corrected chi connectivity index (χ2v) is 5.77. The summed E-state index contributed by atoms with van der Waals surface area (Å²) in [7, 11) is 0. The molecule has 2 N–H and O–H groups in total. The fraction of sp³-hybridized carbons (Fsp3) is 0.875. The highest BCUT2D eigenvalue weighted by atomic mass is 16.4. The third kappa shape index (κ3) is 3.33. The minimum absolute atomic E-state index is 0.433. The molecular formula is C16H30O4. The molecule has 0 aliphatic carbocycles. The molecule has 0 saturated heterocycles. The summed E-state index contributed by atoms with van der Waals surface area (Å²) in [4.78, 5) is 24.1. The zero-order chi connectivity index (χ0) is 15.8. The van der Waals surface area contributed by atoms with E-state index in [-0.39, 0.29) is 0 Å². The van der Waals surface area contributed by atoms with Gasteiger partial charge < -0.3 is 10.2 Å². The van der Waals surface area contributed by atoms with Crippen LogP contribution in [0.25, 0.3) is 0 Å². The number of carboxylic acid groups (broad SMARTS) is 2. The Labute approximate surface area is 122 Å². The Morgan fingerprint density at radius 3 is 0.950 bits per heavy atom. The number of hydrogen-bond donors (Lipinski definition) is 2. The lowest BCUT2D eigenvalue weighted by Crippen LogP contribution is -2.52. The summed E-state index contributed by atoms with van der Waals surface area (Å²) in [5, 5.41) is 19.7. The summed E-state index contributed by atoms with van der Waals surface area (Å²) < 4.78 is 0. The van der Waals surface area contributed by atoms with Gasteiger partial charge in [-0.1, -0.05) is 53.4 Å². The molecule has 0 radical (unpaired) electrons. The number of carbonyl (C=O) groups is 2. The molecule has 0 atom stereocenters. The van der Waals surface area contributed by atoms with Crippen molar-refractivity contribution in [3.8, 4) is 0 Å². The van der Waals surface area contributed by atoms with Gasteiger partial charge in [0.15, 0.2) is 0 Å². The monoisotopic (exact) mass is 286 g/mol. The molecule has 0 bridgehead atoms. The predicted octanol–water partition coefficient (Wildman–Crippen LogP) is 4.33. The summed E-state index contributed by atoms with van der Waals surface area (Å²) in [5.41, 5.74) is -2.29. The van der Waals surface area contributed by atoms with Crippen LogP contribution in [0.1, 0.15) is 79.1 Å². The number of carboxylic acids is 2. The van der Waals surface area contributed by atoms with Crippen molar-refractivity contribution in [1.82, 2.24) is 0 Å². The van der Waals surface area contributed by atoms with Crippen molar-refractivity contribution in [2.75, 3.05) is 0 Å². The molecule has 0 aromatic heterocycles. The van der Waals surface area contributed by atoms with E-state index in [1.807, 2.05) is 27.7 Å². The summed E-state index contributed by atoms with van der Waals surface area (Å²) >= 11 is 0. The first-order valence-electron chi connectivity index (χ1n) is 7.85. The first-order chi connectivity index (χ1) is 9.38. The number of hydrogen-bond acceptors (Lipinski definition) is 2. The van der Waals surface area contributed by atoms with E-state index >= 15 is 0 Å². The Kier molecular flexibility index (Phi) is 7.84. The van der Waals surface area contributed by atoms with Crippen LogP contribution >= 0.6 is 0 Å². The van der Waals surface area contributed by atoms with Crippen molar-refractivity contribution < 1.29 is 19.8 Å². The average Bonchev–Trinajstić information content (AvgIpc) is 2.37. The molecule has 0 amide bonds. The Morgan fingerprint density at radius 1 is 0.650 bits per heavy atom. The van der Waals surface area contributed by atoms with Gasteiger partial charge in [0.25, 0.3) is 0 Å². The van der Waals surface area contributed by atoms with Crippen LogP contribution in [-0.4, -0.2) is 22.2 Å². The number of aliphatic carboxylic acids is 2. The van der Waals surface area contributed by atoms with E-state index in [1.165, 1.54) is 0 Å². The van der Waals surface area contributed by atoms with Crippen molar-refractivity contribution in [3.05, 3.63) is 0 Å². The topological polar surface area (TPSA) is 74.6 Å². The first kappa shape index (κ1) is 18.9. The lowest BCUT2D eigenvalue weighted by molar-refractivity contribution is -0.179. The van der Waals surface area contributed by atoms with Gasteiger partial charge in [-0.2, -0.15) is 0 Å². The molecule has 118 valence electrons. The Balaban J connectivity index is 6.06. The number of rotatable bonds is 11. The van der Waals surface area contributed by atoms with Crippen LogP contribution in [0, 0.1) is 10.8 Å². The second kappa shape index (κ2) is 8.28. The molecule has 20 heavy (non-hydrogen) atoms. The smallest absolute Gasteiger partial charge is 0.310 e. The highest BCUT2D eigenvalue weighted by Gasteiger charge is 2.58. The molecule has 4 nitrogen and oxygen atoms in total. The van der Waals surface area contributed by atoms with Gasteiger partial charge in [-0.3, -0.25) is 9.59 Å². The van der Waals surface area contributed by atoms with E-state index in [1.54, 1.807) is 0 Å². The van der Waals surface area contributed by atoms with E-state index in [0.29, 0.717) is 51.4 Å². The molecule has 0 fully saturated rings. The lowest BCUT2D eigenvalue weighted by Gasteiger charge is -2.45. The zero-order valence-electron chi connectivity index (χ0n) is 13.4. The van der Waals surface area contributed by atoms with E-state index in [2.05, 4.69) is 0 Å². The van der Waals surface area contributed by atoms with Crippen LogP contribution in [0.15, 0.2) is 0 Å².